The van der Waals surface area contributed by atoms with Gasteiger partial charge >= 0.3 is 6.09 Å². The van der Waals surface area contributed by atoms with E-state index in [2.05, 4.69) is 25.5 Å². The van der Waals surface area contributed by atoms with Gasteiger partial charge < -0.3 is 25.0 Å². The third-order valence-corrected chi connectivity index (χ3v) is 8.25. The van der Waals surface area contributed by atoms with Gasteiger partial charge in [0.05, 0.1) is 11.9 Å². The first kappa shape index (κ1) is 24.6. The predicted octanol–water partition coefficient (Wildman–Crippen LogP) is 4.25. The van der Waals surface area contributed by atoms with Crippen LogP contribution in [-0.2, 0) is 4.74 Å². The van der Waals surface area contributed by atoms with Gasteiger partial charge in [-0.2, -0.15) is 5.10 Å². The van der Waals surface area contributed by atoms with Gasteiger partial charge in [-0.05, 0) is 69.2 Å². The van der Waals surface area contributed by atoms with Gasteiger partial charge in [-0.15, -0.1) is 10.2 Å². The van der Waals surface area contributed by atoms with Gasteiger partial charge in [0.25, 0.3) is 0 Å². The first-order valence-corrected chi connectivity index (χ1v) is 13.4. The molecule has 200 valence electrons. The molecule has 0 radical (unpaired) electrons. The number of ether oxygens (including phenoxy) is 1. The smallest absolute Gasteiger partial charge is 0.407 e. The zero-order chi connectivity index (χ0) is 26.2. The van der Waals surface area contributed by atoms with Crippen molar-refractivity contribution in [3.05, 3.63) is 36.7 Å². The lowest BCUT2D eigenvalue weighted by molar-refractivity contribution is -0.0394. The van der Waals surface area contributed by atoms with Crippen LogP contribution in [0.25, 0.3) is 22.5 Å². The van der Waals surface area contributed by atoms with E-state index in [9.17, 15) is 9.90 Å². The highest BCUT2D eigenvalue weighted by Gasteiger charge is 2.44. The lowest BCUT2D eigenvalue weighted by Gasteiger charge is -2.41. The summed E-state index contributed by atoms with van der Waals surface area (Å²) in [7, 11) is 3.88. The molecule has 2 bridgehead atoms. The number of carbonyl (C=O) groups is 1. The van der Waals surface area contributed by atoms with Gasteiger partial charge in [0.1, 0.15) is 17.7 Å². The molecule has 11 nitrogen and oxygen atoms in total. The number of hydrogen-bond donors (Lipinski definition) is 2. The molecule has 3 saturated heterocycles. The van der Waals surface area contributed by atoms with Gasteiger partial charge in [-0.25, -0.2) is 14.5 Å². The topological polar surface area (TPSA) is 122 Å². The number of fused-ring (bicyclic) bond motifs is 2. The van der Waals surface area contributed by atoms with Crippen LogP contribution >= 0.6 is 0 Å². The largest absolute Gasteiger partial charge is 0.465 e. The Morgan fingerprint density at radius 1 is 1.08 bits per heavy atom. The third-order valence-electron chi connectivity index (χ3n) is 8.25. The van der Waals surface area contributed by atoms with Crippen LogP contribution in [0.15, 0.2) is 36.7 Å². The van der Waals surface area contributed by atoms with Crippen molar-refractivity contribution in [2.45, 2.75) is 69.3 Å². The third kappa shape index (κ3) is 4.55. The number of anilines is 2. The van der Waals surface area contributed by atoms with Crippen molar-refractivity contribution in [3.8, 4) is 22.5 Å². The summed E-state index contributed by atoms with van der Waals surface area (Å²) in [6.07, 6.45) is 9.83. The fourth-order valence-corrected chi connectivity index (χ4v) is 6.21. The first-order valence-electron chi connectivity index (χ1n) is 13.4. The van der Waals surface area contributed by atoms with Crippen molar-refractivity contribution in [2.24, 2.45) is 0 Å². The molecule has 11 heteroatoms. The molecule has 1 amide bonds. The average molecular weight is 519 g/mol. The molecule has 3 aliphatic heterocycles. The summed E-state index contributed by atoms with van der Waals surface area (Å²) >= 11 is 0. The average Bonchev–Trinajstić information content (AvgIpc) is 3.55. The second-order valence-corrected chi connectivity index (χ2v) is 10.5. The highest BCUT2D eigenvalue weighted by molar-refractivity contribution is 5.76. The quantitative estimate of drug-likeness (QED) is 0.493. The van der Waals surface area contributed by atoms with Crippen LogP contribution in [0.2, 0.25) is 0 Å². The van der Waals surface area contributed by atoms with Crippen LogP contribution in [0.1, 0.15) is 51.2 Å². The summed E-state index contributed by atoms with van der Waals surface area (Å²) in [4.78, 5) is 20.2. The van der Waals surface area contributed by atoms with E-state index in [1.807, 2.05) is 55.4 Å². The second-order valence-electron chi connectivity index (χ2n) is 10.5. The molecule has 3 aromatic rings. The number of amides is 1. The zero-order valence-electron chi connectivity index (χ0n) is 21.8. The standard InChI is InChI=1S/C27H34N8O3/c1-28-26-21(17-15-29-34(16-17)25-5-3-4-12-38-25)8-9-22(30-26)23-10-11-24(32-31-23)33(2)20-13-18-6-7-19(14-20)35(18)27(36)37/h8-11,15-16,18-20,25H,3-7,12-14H2,1-2H3,(H,28,30)(H,36,37)/t18-,19+,20?,25?. The van der Waals surface area contributed by atoms with Crippen LogP contribution in [0.4, 0.5) is 16.4 Å². The summed E-state index contributed by atoms with van der Waals surface area (Å²) < 4.78 is 7.77. The Morgan fingerprint density at radius 3 is 2.53 bits per heavy atom. The molecule has 0 aromatic carbocycles. The molecule has 3 aromatic heterocycles. The van der Waals surface area contributed by atoms with Gasteiger partial charge in [0, 0.05) is 56.2 Å². The van der Waals surface area contributed by atoms with E-state index in [1.165, 1.54) is 0 Å². The number of piperidine rings is 1. The summed E-state index contributed by atoms with van der Waals surface area (Å²) in [6, 6.07) is 8.34. The highest BCUT2D eigenvalue weighted by atomic mass is 16.5. The van der Waals surface area contributed by atoms with Crippen molar-refractivity contribution in [2.75, 3.05) is 30.9 Å². The fourth-order valence-electron chi connectivity index (χ4n) is 6.21. The van der Waals surface area contributed by atoms with Crippen molar-refractivity contribution in [3.63, 3.8) is 0 Å². The van der Waals surface area contributed by atoms with Crippen LogP contribution in [-0.4, -0.2) is 79.9 Å². The minimum atomic E-state index is -0.797. The van der Waals surface area contributed by atoms with Crippen molar-refractivity contribution in [1.29, 1.82) is 0 Å². The molecule has 3 fully saturated rings. The van der Waals surface area contributed by atoms with Crippen LogP contribution in [0.5, 0.6) is 0 Å². The minimum absolute atomic E-state index is 0.00503. The van der Waals surface area contributed by atoms with Crippen molar-refractivity contribution < 1.29 is 14.6 Å². The Balaban J connectivity index is 1.17. The molecular weight excluding hydrogens is 484 g/mol. The van der Waals surface area contributed by atoms with E-state index in [0.29, 0.717) is 5.69 Å². The molecule has 38 heavy (non-hydrogen) atoms. The van der Waals surface area contributed by atoms with E-state index in [4.69, 9.17) is 9.72 Å². The number of pyridine rings is 1. The van der Waals surface area contributed by atoms with E-state index < -0.39 is 6.09 Å². The van der Waals surface area contributed by atoms with E-state index in [1.54, 1.807) is 4.90 Å². The summed E-state index contributed by atoms with van der Waals surface area (Å²) in [5.74, 6) is 1.53. The maximum atomic E-state index is 11.6. The molecule has 6 rings (SSSR count). The molecule has 0 spiro atoms. The van der Waals surface area contributed by atoms with Crippen LogP contribution in [0.3, 0.4) is 0 Å². The lowest BCUT2D eigenvalue weighted by atomic mass is 9.96. The van der Waals surface area contributed by atoms with Crippen LogP contribution < -0.4 is 10.2 Å². The number of rotatable bonds is 6. The van der Waals surface area contributed by atoms with E-state index in [0.717, 1.165) is 80.0 Å². The molecule has 0 aliphatic carbocycles. The Bertz CT molecular complexity index is 1280. The van der Waals surface area contributed by atoms with Crippen molar-refractivity contribution >= 4 is 17.7 Å². The number of nitrogens with zero attached hydrogens (tertiary/aromatic N) is 7. The molecule has 6 heterocycles. The molecule has 2 N–H and O–H groups in total. The monoisotopic (exact) mass is 518 g/mol. The minimum Gasteiger partial charge on any atom is -0.465 e. The first-order chi connectivity index (χ1) is 18.5. The molecule has 2 unspecified atom stereocenters. The number of hydrogen-bond acceptors (Lipinski definition) is 8. The maximum absolute atomic E-state index is 11.6. The Labute approximate surface area is 221 Å². The summed E-state index contributed by atoms with van der Waals surface area (Å²) in [5.41, 5.74) is 3.37. The molecular formula is C27H34N8O3. The number of aromatic nitrogens is 5. The fraction of sp³-hybridized carbons (Fsp3) is 0.519. The number of nitrogens with one attached hydrogen (secondary N) is 1. The maximum Gasteiger partial charge on any atom is 0.407 e. The molecule has 4 atom stereocenters. The Kier molecular flexibility index (Phi) is 6.61. The lowest BCUT2D eigenvalue weighted by Crippen LogP contribution is -2.51. The summed E-state index contributed by atoms with van der Waals surface area (Å²) in [5, 5.41) is 26.3. The second kappa shape index (κ2) is 10.2. The van der Waals surface area contributed by atoms with E-state index >= 15 is 0 Å². The zero-order valence-corrected chi connectivity index (χ0v) is 21.8. The van der Waals surface area contributed by atoms with Crippen LogP contribution in [0, 0.1) is 0 Å². The van der Waals surface area contributed by atoms with Crippen molar-refractivity contribution in [1.82, 2.24) is 29.9 Å². The van der Waals surface area contributed by atoms with Gasteiger partial charge in [-0.3, -0.25) is 0 Å². The van der Waals surface area contributed by atoms with Gasteiger partial charge in [0.15, 0.2) is 5.82 Å². The number of carboxylic acid groups (broad SMARTS) is 1. The Hall–Kier alpha value is -3.73. The Morgan fingerprint density at radius 2 is 1.87 bits per heavy atom. The van der Waals surface area contributed by atoms with Gasteiger partial charge in [-0.1, -0.05) is 0 Å². The van der Waals surface area contributed by atoms with Gasteiger partial charge in [0.2, 0.25) is 0 Å². The predicted molar refractivity (Wildman–Crippen MR) is 143 cm³/mol. The normalized spacial score (nSPS) is 24.8. The highest BCUT2D eigenvalue weighted by Crippen LogP contribution is 2.38. The molecule has 3 aliphatic rings. The SMILES string of the molecule is CNc1nc(-c2ccc(N(C)C3C[C@H]4CC[C@@H](C3)N4C(=O)O)nn2)ccc1-c1cnn(C2CCCCO2)c1. The molecule has 0 saturated carbocycles. The van der Waals surface area contributed by atoms with E-state index in [-0.39, 0.29) is 24.4 Å². The summed E-state index contributed by atoms with van der Waals surface area (Å²) in [6.45, 7) is 0.776.